The Morgan fingerprint density at radius 1 is 1.20 bits per heavy atom. The van der Waals surface area contributed by atoms with Crippen LogP contribution in [-0.4, -0.2) is 7.11 Å². The fourth-order valence-corrected chi connectivity index (χ4v) is 1.71. The molecule has 0 saturated carbocycles. The molecule has 0 amide bonds. The number of benzene rings is 2. The van der Waals surface area contributed by atoms with E-state index in [4.69, 9.17) is 15.7 Å². The molecule has 2 rings (SSSR count). The van der Waals surface area contributed by atoms with Gasteiger partial charge in [0.05, 0.1) is 24.4 Å². The largest absolute Gasteiger partial charge is 0.495 e. The first-order valence-electron chi connectivity index (χ1n) is 5.65. The van der Waals surface area contributed by atoms with E-state index in [0.29, 0.717) is 17.0 Å². The number of nitrogens with two attached hydrogens (primary N) is 1. The van der Waals surface area contributed by atoms with Gasteiger partial charge in [0.1, 0.15) is 11.4 Å². The number of nitrogens with zero attached hydrogens (tertiary/aromatic N) is 1. The molecule has 4 nitrogen and oxygen atoms in total. The number of methoxy groups -OCH3 is 1. The molecule has 0 heterocycles. The number of nitriles is 1. The van der Waals surface area contributed by atoms with E-state index in [2.05, 4.69) is 5.32 Å². The Morgan fingerprint density at radius 2 is 1.85 bits per heavy atom. The Hall–Kier alpha value is -2.81. The maximum absolute atomic E-state index is 13.7. The predicted octanol–water partition coefficient (Wildman–Crippen LogP) is 3.17. The van der Waals surface area contributed by atoms with Crippen molar-refractivity contribution in [2.75, 3.05) is 18.2 Å². The van der Waals surface area contributed by atoms with Crippen molar-refractivity contribution in [2.45, 2.75) is 0 Å². The van der Waals surface area contributed by atoms with Gasteiger partial charge in [0, 0.05) is 11.8 Å². The monoisotopic (exact) mass is 275 g/mol. The van der Waals surface area contributed by atoms with Gasteiger partial charge in [0.15, 0.2) is 11.6 Å². The minimum atomic E-state index is -0.811. The lowest BCUT2D eigenvalue weighted by atomic mass is 10.2. The Balaban J connectivity index is 2.43. The van der Waals surface area contributed by atoms with Crippen LogP contribution in [0.25, 0.3) is 0 Å². The van der Waals surface area contributed by atoms with Gasteiger partial charge in [0.25, 0.3) is 0 Å². The summed E-state index contributed by atoms with van der Waals surface area (Å²) in [7, 11) is 1.40. The molecule has 0 atom stereocenters. The van der Waals surface area contributed by atoms with Gasteiger partial charge in [-0.1, -0.05) is 0 Å². The summed E-state index contributed by atoms with van der Waals surface area (Å²) in [6, 6.07) is 8.47. The van der Waals surface area contributed by atoms with Gasteiger partial charge in [-0.25, -0.2) is 8.78 Å². The molecule has 0 fully saturated rings. The summed E-state index contributed by atoms with van der Waals surface area (Å²) >= 11 is 0. The van der Waals surface area contributed by atoms with E-state index in [0.717, 1.165) is 12.1 Å². The Bertz CT molecular complexity index is 672. The van der Waals surface area contributed by atoms with Crippen LogP contribution >= 0.6 is 0 Å². The van der Waals surface area contributed by atoms with Gasteiger partial charge in [-0.15, -0.1) is 0 Å². The molecule has 20 heavy (non-hydrogen) atoms. The second kappa shape index (κ2) is 5.45. The van der Waals surface area contributed by atoms with Crippen molar-refractivity contribution >= 4 is 17.1 Å². The van der Waals surface area contributed by atoms with Crippen molar-refractivity contribution in [1.29, 1.82) is 5.26 Å². The van der Waals surface area contributed by atoms with Crippen LogP contribution in [0.2, 0.25) is 0 Å². The number of hydrogen-bond acceptors (Lipinski definition) is 4. The van der Waals surface area contributed by atoms with Gasteiger partial charge >= 0.3 is 0 Å². The summed E-state index contributed by atoms with van der Waals surface area (Å²) in [5.74, 6) is -1.32. The third kappa shape index (κ3) is 2.62. The SMILES string of the molecule is COc1cc(C#N)ccc1Nc1c(F)cc(N)cc1F. The highest BCUT2D eigenvalue weighted by Crippen LogP contribution is 2.31. The third-order valence-electron chi connectivity index (χ3n) is 2.65. The molecule has 0 spiro atoms. The molecule has 0 aliphatic rings. The highest BCUT2D eigenvalue weighted by Gasteiger charge is 2.13. The van der Waals surface area contributed by atoms with Crippen molar-refractivity contribution in [3.05, 3.63) is 47.5 Å². The van der Waals surface area contributed by atoms with E-state index in [-0.39, 0.29) is 11.4 Å². The van der Waals surface area contributed by atoms with Gasteiger partial charge in [-0.05, 0) is 24.3 Å². The third-order valence-corrected chi connectivity index (χ3v) is 2.65. The molecule has 0 radical (unpaired) electrons. The van der Waals surface area contributed by atoms with E-state index in [1.807, 2.05) is 6.07 Å². The molecule has 6 heteroatoms. The number of hydrogen-bond donors (Lipinski definition) is 2. The summed E-state index contributed by atoms with van der Waals surface area (Å²) in [5, 5.41) is 11.4. The number of rotatable bonds is 3. The van der Waals surface area contributed by atoms with Crippen molar-refractivity contribution in [2.24, 2.45) is 0 Å². The van der Waals surface area contributed by atoms with Gasteiger partial charge in [0.2, 0.25) is 0 Å². The molecule has 2 aromatic rings. The first kappa shape index (κ1) is 13.6. The quantitative estimate of drug-likeness (QED) is 0.844. The summed E-state index contributed by atoms with van der Waals surface area (Å²) < 4.78 is 32.5. The number of anilines is 3. The van der Waals surface area contributed by atoms with E-state index < -0.39 is 11.6 Å². The lowest BCUT2D eigenvalue weighted by molar-refractivity contribution is 0.416. The molecule has 0 bridgehead atoms. The Kier molecular flexibility index (Phi) is 3.71. The van der Waals surface area contributed by atoms with Crippen LogP contribution in [0.5, 0.6) is 5.75 Å². The fourth-order valence-electron chi connectivity index (χ4n) is 1.71. The van der Waals surface area contributed by atoms with Crippen LogP contribution in [0, 0.1) is 23.0 Å². The van der Waals surface area contributed by atoms with Crippen LogP contribution in [0.1, 0.15) is 5.56 Å². The molecule has 102 valence electrons. The van der Waals surface area contributed by atoms with Crippen molar-refractivity contribution in [3.8, 4) is 11.8 Å². The van der Waals surface area contributed by atoms with Gasteiger partial charge < -0.3 is 15.8 Å². The summed E-state index contributed by atoms with van der Waals surface area (Å²) in [6.07, 6.45) is 0. The molecule has 0 aromatic heterocycles. The molecule has 0 aliphatic carbocycles. The second-order valence-corrected chi connectivity index (χ2v) is 4.01. The summed E-state index contributed by atoms with van der Waals surface area (Å²) in [4.78, 5) is 0. The van der Waals surface area contributed by atoms with Crippen molar-refractivity contribution in [1.82, 2.24) is 0 Å². The molecular formula is C14H11F2N3O. The average molecular weight is 275 g/mol. The maximum atomic E-state index is 13.7. The first-order valence-corrected chi connectivity index (χ1v) is 5.65. The Labute approximate surface area is 114 Å². The molecule has 2 aromatic carbocycles. The zero-order chi connectivity index (χ0) is 14.7. The van der Waals surface area contributed by atoms with Crippen LogP contribution in [0.3, 0.4) is 0 Å². The van der Waals surface area contributed by atoms with E-state index in [9.17, 15) is 8.78 Å². The highest BCUT2D eigenvalue weighted by atomic mass is 19.1. The van der Waals surface area contributed by atoms with Crippen LogP contribution in [0.15, 0.2) is 30.3 Å². The van der Waals surface area contributed by atoms with E-state index in [1.54, 1.807) is 0 Å². The van der Waals surface area contributed by atoms with Gasteiger partial charge in [-0.3, -0.25) is 0 Å². The number of halogens is 2. The van der Waals surface area contributed by atoms with Gasteiger partial charge in [-0.2, -0.15) is 5.26 Å². The summed E-state index contributed by atoms with van der Waals surface area (Å²) in [5.41, 5.74) is 5.74. The van der Waals surface area contributed by atoms with Crippen LogP contribution < -0.4 is 15.8 Å². The zero-order valence-corrected chi connectivity index (χ0v) is 10.6. The maximum Gasteiger partial charge on any atom is 0.151 e. The van der Waals surface area contributed by atoms with E-state index in [1.165, 1.54) is 25.3 Å². The molecule has 3 N–H and O–H groups in total. The fraction of sp³-hybridized carbons (Fsp3) is 0.0714. The minimum absolute atomic E-state index is 0.00246. The molecule has 0 aliphatic heterocycles. The Morgan fingerprint density at radius 3 is 2.40 bits per heavy atom. The predicted molar refractivity (Wildman–Crippen MR) is 71.8 cm³/mol. The number of ether oxygens (including phenoxy) is 1. The van der Waals surface area contributed by atoms with Crippen molar-refractivity contribution in [3.63, 3.8) is 0 Å². The number of nitrogen functional groups attached to an aromatic ring is 1. The zero-order valence-electron chi connectivity index (χ0n) is 10.6. The van der Waals surface area contributed by atoms with Crippen LogP contribution in [0.4, 0.5) is 25.8 Å². The normalized spacial score (nSPS) is 9.90. The standard InChI is InChI=1S/C14H11F2N3O/c1-20-13-4-8(7-17)2-3-12(13)19-14-10(15)5-9(18)6-11(14)16/h2-6,19H,18H2,1H3. The lowest BCUT2D eigenvalue weighted by Gasteiger charge is -2.13. The molecule has 0 unspecified atom stereocenters. The second-order valence-electron chi connectivity index (χ2n) is 4.01. The molecule has 0 saturated heterocycles. The van der Waals surface area contributed by atoms with Crippen LogP contribution in [-0.2, 0) is 0 Å². The first-order chi connectivity index (χ1) is 9.55. The lowest BCUT2D eigenvalue weighted by Crippen LogP contribution is -2.01. The topological polar surface area (TPSA) is 71.1 Å². The average Bonchev–Trinajstić information content (AvgIpc) is 2.42. The van der Waals surface area contributed by atoms with E-state index >= 15 is 0 Å². The highest BCUT2D eigenvalue weighted by molar-refractivity contribution is 5.69. The minimum Gasteiger partial charge on any atom is -0.495 e. The number of nitrogens with one attached hydrogen (secondary N) is 1. The summed E-state index contributed by atoms with van der Waals surface area (Å²) in [6.45, 7) is 0. The van der Waals surface area contributed by atoms with Crippen molar-refractivity contribution < 1.29 is 13.5 Å². The smallest absolute Gasteiger partial charge is 0.151 e. The molecular weight excluding hydrogens is 264 g/mol.